The maximum absolute atomic E-state index is 13.7. The number of benzene rings is 1. The first-order chi connectivity index (χ1) is 13.6. The van der Waals surface area contributed by atoms with Gasteiger partial charge in [-0.05, 0) is 36.2 Å². The molecule has 29 heavy (non-hydrogen) atoms. The summed E-state index contributed by atoms with van der Waals surface area (Å²) < 4.78 is 96.5. The molecular weight excluding hydrogens is 404 g/mol. The van der Waals surface area contributed by atoms with Gasteiger partial charge in [0.1, 0.15) is 18.3 Å². The Hall–Kier alpha value is -2.33. The van der Waals surface area contributed by atoms with Crippen molar-refractivity contribution in [2.75, 3.05) is 13.9 Å². The molecule has 1 aromatic heterocycles. The summed E-state index contributed by atoms with van der Waals surface area (Å²) in [5, 5.41) is 0. The monoisotopic (exact) mass is 423 g/mol. The molecule has 4 nitrogen and oxygen atoms in total. The molecule has 0 N–H and O–H groups in total. The molecule has 0 amide bonds. The van der Waals surface area contributed by atoms with E-state index in [0.717, 1.165) is 19.2 Å². The third-order valence-corrected chi connectivity index (χ3v) is 4.06. The second kappa shape index (κ2) is 9.00. The molecule has 160 valence electrons. The Labute approximate surface area is 163 Å². The van der Waals surface area contributed by atoms with E-state index in [9.17, 15) is 26.3 Å². The molecule has 0 unspecified atom stereocenters. The summed E-state index contributed by atoms with van der Waals surface area (Å²) in [6.07, 6.45) is -7.99. The van der Waals surface area contributed by atoms with Gasteiger partial charge in [-0.3, -0.25) is 4.98 Å². The Balaban J connectivity index is 2.60. The molecule has 0 aliphatic carbocycles. The normalized spacial score (nSPS) is 12.8. The van der Waals surface area contributed by atoms with Gasteiger partial charge < -0.3 is 14.2 Å². The minimum atomic E-state index is -5.78. The number of ether oxygens (including phenoxy) is 3. The second-order valence-electron chi connectivity index (χ2n) is 6.09. The third kappa shape index (κ3) is 4.81. The fourth-order valence-corrected chi connectivity index (χ4v) is 2.78. The van der Waals surface area contributed by atoms with E-state index in [1.807, 2.05) is 0 Å². The van der Waals surface area contributed by atoms with Crippen molar-refractivity contribution in [3.8, 4) is 11.5 Å². The Morgan fingerprint density at radius 1 is 0.931 bits per heavy atom. The fraction of sp³-hybridized carbons (Fsp3) is 0.421. The SMILES string of the molecule is CCCc1cc(C(OCOC)(C(F)(F)F)C(F)(F)F)ccc1Oc1ccncc1. The van der Waals surface area contributed by atoms with Crippen LogP contribution >= 0.6 is 0 Å². The van der Waals surface area contributed by atoms with E-state index in [1.165, 1.54) is 24.5 Å². The standard InChI is InChI=1S/C19H19F6NO3/c1-3-4-13-11-14(5-6-16(13)29-15-7-9-26-10-8-15)17(18(20,21)22,19(23,24)25)28-12-27-2/h5-11H,3-4,12H2,1-2H3. The lowest BCUT2D eigenvalue weighted by molar-refractivity contribution is -0.400. The molecule has 0 saturated carbocycles. The number of methoxy groups -OCH3 is 1. The highest BCUT2D eigenvalue weighted by Crippen LogP contribution is 2.53. The average Bonchev–Trinajstić information content (AvgIpc) is 2.63. The van der Waals surface area contributed by atoms with Crippen LogP contribution in [0.25, 0.3) is 0 Å². The summed E-state index contributed by atoms with van der Waals surface area (Å²) in [6.45, 7) is 0.544. The topological polar surface area (TPSA) is 40.6 Å². The first-order valence-electron chi connectivity index (χ1n) is 8.54. The van der Waals surface area contributed by atoms with Gasteiger partial charge in [-0.15, -0.1) is 0 Å². The van der Waals surface area contributed by atoms with Gasteiger partial charge in [0.25, 0.3) is 5.60 Å². The highest BCUT2D eigenvalue weighted by molar-refractivity contribution is 5.43. The fourth-order valence-electron chi connectivity index (χ4n) is 2.78. The van der Waals surface area contributed by atoms with Gasteiger partial charge >= 0.3 is 12.4 Å². The number of aromatic nitrogens is 1. The van der Waals surface area contributed by atoms with Gasteiger partial charge in [-0.1, -0.05) is 19.4 Å². The van der Waals surface area contributed by atoms with Crippen molar-refractivity contribution in [3.05, 3.63) is 53.9 Å². The lowest BCUT2D eigenvalue weighted by Gasteiger charge is -2.37. The molecule has 10 heteroatoms. The van der Waals surface area contributed by atoms with Crippen molar-refractivity contribution in [2.45, 2.75) is 37.7 Å². The molecule has 2 aromatic rings. The summed E-state index contributed by atoms with van der Waals surface area (Å²) in [7, 11) is 0.936. The van der Waals surface area contributed by atoms with Gasteiger partial charge in [0.15, 0.2) is 0 Å². The van der Waals surface area contributed by atoms with Crippen LogP contribution in [0, 0.1) is 0 Å². The minimum Gasteiger partial charge on any atom is -0.457 e. The van der Waals surface area contributed by atoms with Gasteiger partial charge in [-0.2, -0.15) is 26.3 Å². The molecule has 0 spiro atoms. The van der Waals surface area contributed by atoms with Gasteiger partial charge in [0.2, 0.25) is 0 Å². The second-order valence-corrected chi connectivity index (χ2v) is 6.09. The van der Waals surface area contributed by atoms with Crippen molar-refractivity contribution in [1.82, 2.24) is 4.98 Å². The number of halogens is 6. The van der Waals surface area contributed by atoms with E-state index in [2.05, 4.69) is 14.5 Å². The molecular formula is C19H19F6NO3. The molecule has 0 atom stereocenters. The Morgan fingerprint density at radius 2 is 1.55 bits per heavy atom. The first-order valence-corrected chi connectivity index (χ1v) is 8.54. The summed E-state index contributed by atoms with van der Waals surface area (Å²) in [4.78, 5) is 3.82. The Bertz CT molecular complexity index is 779. The van der Waals surface area contributed by atoms with Crippen LogP contribution < -0.4 is 4.74 Å². The molecule has 0 radical (unpaired) electrons. The van der Waals surface area contributed by atoms with E-state index in [1.54, 1.807) is 6.92 Å². The number of rotatable bonds is 8. The molecule has 1 heterocycles. The summed E-state index contributed by atoms with van der Waals surface area (Å²) >= 11 is 0. The highest BCUT2D eigenvalue weighted by Gasteiger charge is 2.73. The van der Waals surface area contributed by atoms with Crippen LogP contribution in [0.3, 0.4) is 0 Å². The number of hydrogen-bond acceptors (Lipinski definition) is 4. The first kappa shape index (κ1) is 23.0. The summed E-state index contributed by atoms with van der Waals surface area (Å²) in [5.74, 6) is 0.491. The number of aryl methyl sites for hydroxylation is 1. The minimum absolute atomic E-state index is 0.145. The predicted molar refractivity (Wildman–Crippen MR) is 91.5 cm³/mol. The van der Waals surface area contributed by atoms with Gasteiger partial charge in [-0.25, -0.2) is 0 Å². The van der Waals surface area contributed by atoms with E-state index in [4.69, 9.17) is 4.74 Å². The van der Waals surface area contributed by atoms with Crippen LogP contribution in [0.15, 0.2) is 42.7 Å². The molecule has 2 rings (SSSR count). The van der Waals surface area contributed by atoms with E-state index in [-0.39, 0.29) is 17.7 Å². The number of alkyl halides is 6. The van der Waals surface area contributed by atoms with Crippen molar-refractivity contribution < 1.29 is 40.6 Å². The lowest BCUT2D eigenvalue weighted by atomic mass is 9.89. The Kier molecular flexibility index (Phi) is 7.12. The molecule has 0 fully saturated rings. The highest BCUT2D eigenvalue weighted by atomic mass is 19.4. The number of nitrogens with zero attached hydrogens (tertiary/aromatic N) is 1. The van der Waals surface area contributed by atoms with Crippen molar-refractivity contribution in [3.63, 3.8) is 0 Å². The van der Waals surface area contributed by atoms with Crippen LogP contribution in [0.5, 0.6) is 11.5 Å². The van der Waals surface area contributed by atoms with E-state index in [0.29, 0.717) is 18.2 Å². The van der Waals surface area contributed by atoms with Crippen LogP contribution in [-0.4, -0.2) is 31.2 Å². The maximum atomic E-state index is 13.7. The van der Waals surface area contributed by atoms with Crippen LogP contribution in [0.2, 0.25) is 0 Å². The van der Waals surface area contributed by atoms with Crippen molar-refractivity contribution in [1.29, 1.82) is 0 Å². The zero-order chi connectivity index (χ0) is 21.7. The molecule has 0 saturated heterocycles. The number of hydrogen-bond donors (Lipinski definition) is 0. The van der Waals surface area contributed by atoms with Crippen molar-refractivity contribution >= 4 is 0 Å². The average molecular weight is 423 g/mol. The van der Waals surface area contributed by atoms with Crippen LogP contribution in [0.1, 0.15) is 24.5 Å². The largest absolute Gasteiger partial charge is 0.457 e. The zero-order valence-electron chi connectivity index (χ0n) is 15.6. The molecule has 0 bridgehead atoms. The third-order valence-electron chi connectivity index (χ3n) is 4.06. The summed E-state index contributed by atoms with van der Waals surface area (Å²) in [5.41, 5.74) is -5.45. The lowest BCUT2D eigenvalue weighted by Crippen LogP contribution is -2.56. The predicted octanol–water partition coefficient (Wildman–Crippen LogP) is 5.77. The van der Waals surface area contributed by atoms with Crippen molar-refractivity contribution in [2.24, 2.45) is 0 Å². The quantitative estimate of drug-likeness (QED) is 0.400. The van der Waals surface area contributed by atoms with Gasteiger partial charge in [0, 0.05) is 25.1 Å². The summed E-state index contributed by atoms with van der Waals surface area (Å²) in [6, 6.07) is 5.62. The molecule has 0 aliphatic rings. The Morgan fingerprint density at radius 3 is 2.07 bits per heavy atom. The smallest absolute Gasteiger partial charge is 0.430 e. The number of pyridine rings is 1. The molecule has 0 aliphatic heterocycles. The van der Waals surface area contributed by atoms with Gasteiger partial charge in [0.05, 0.1) is 0 Å². The van der Waals surface area contributed by atoms with Crippen LogP contribution in [0.4, 0.5) is 26.3 Å². The van der Waals surface area contributed by atoms with E-state index >= 15 is 0 Å². The molecule has 1 aromatic carbocycles. The van der Waals surface area contributed by atoms with Crippen LogP contribution in [-0.2, 0) is 21.5 Å². The maximum Gasteiger partial charge on any atom is 0.430 e. The zero-order valence-corrected chi connectivity index (χ0v) is 15.6. The van der Waals surface area contributed by atoms with E-state index < -0.39 is 30.3 Å².